The number of aliphatic carboxylic acids is 1. The van der Waals surface area contributed by atoms with Crippen LogP contribution in [-0.4, -0.2) is 15.6 Å². The average Bonchev–Trinajstić information content (AvgIpc) is 2.83. The normalized spacial score (nSPS) is 18.8. The molecule has 1 unspecified atom stereocenters. The molecule has 0 radical (unpaired) electrons. The van der Waals surface area contributed by atoms with Crippen molar-refractivity contribution >= 4 is 16.9 Å². The number of nitrogens with zero attached hydrogens (tertiary/aromatic N) is 1. The third-order valence-corrected chi connectivity index (χ3v) is 3.54. The zero-order valence-electron chi connectivity index (χ0n) is 9.74. The van der Waals surface area contributed by atoms with Gasteiger partial charge in [-0.25, -0.2) is 0 Å². The number of rotatable bonds is 1. The molecule has 6 heteroatoms. The monoisotopic (exact) mass is 269 g/mol. The molecule has 0 aliphatic carbocycles. The van der Waals surface area contributed by atoms with E-state index in [9.17, 15) is 18.0 Å². The second-order valence-corrected chi connectivity index (χ2v) is 4.72. The fraction of sp³-hybridized carbons (Fsp3) is 0.308. The van der Waals surface area contributed by atoms with E-state index in [1.807, 2.05) is 0 Å². The molecule has 3 nitrogen and oxygen atoms in total. The number of carboxylic acids is 1. The van der Waals surface area contributed by atoms with E-state index in [0.29, 0.717) is 11.2 Å². The molecule has 1 aliphatic heterocycles. The van der Waals surface area contributed by atoms with E-state index in [-0.39, 0.29) is 18.4 Å². The van der Waals surface area contributed by atoms with Gasteiger partial charge in [0.15, 0.2) is 0 Å². The molecular weight excluding hydrogens is 259 g/mol. The highest BCUT2D eigenvalue weighted by atomic mass is 19.4. The lowest BCUT2D eigenvalue weighted by molar-refractivity contribution is -0.141. The van der Waals surface area contributed by atoms with E-state index < -0.39 is 23.6 Å². The van der Waals surface area contributed by atoms with Gasteiger partial charge in [-0.15, -0.1) is 0 Å². The second kappa shape index (κ2) is 3.76. The predicted molar refractivity (Wildman–Crippen MR) is 61.8 cm³/mol. The highest BCUT2D eigenvalue weighted by molar-refractivity contribution is 5.86. The maximum Gasteiger partial charge on any atom is 0.417 e. The van der Waals surface area contributed by atoms with E-state index >= 15 is 0 Å². The van der Waals surface area contributed by atoms with Gasteiger partial charge in [-0.3, -0.25) is 4.79 Å². The number of hydrogen-bond acceptors (Lipinski definition) is 1. The van der Waals surface area contributed by atoms with Crippen LogP contribution in [0.2, 0.25) is 0 Å². The Kier molecular flexibility index (Phi) is 2.39. The average molecular weight is 269 g/mol. The number of benzene rings is 1. The lowest BCUT2D eigenvalue weighted by Gasteiger charge is -2.09. The smallest absolute Gasteiger partial charge is 0.417 e. The molecule has 1 aromatic heterocycles. The van der Waals surface area contributed by atoms with Gasteiger partial charge in [0.1, 0.15) is 0 Å². The first-order valence-electron chi connectivity index (χ1n) is 5.79. The van der Waals surface area contributed by atoms with E-state index in [1.54, 1.807) is 10.6 Å². The SMILES string of the molecule is O=C(O)C1Cc2cc3c(C(F)(F)F)cccc3n2C1. The van der Waals surface area contributed by atoms with Gasteiger partial charge in [0.25, 0.3) is 0 Å². The molecule has 3 rings (SSSR count). The maximum atomic E-state index is 12.9. The van der Waals surface area contributed by atoms with Crippen molar-refractivity contribution < 1.29 is 23.1 Å². The van der Waals surface area contributed by atoms with Crippen molar-refractivity contribution in [2.24, 2.45) is 5.92 Å². The van der Waals surface area contributed by atoms with Crippen molar-refractivity contribution in [3.05, 3.63) is 35.5 Å². The van der Waals surface area contributed by atoms with Crippen molar-refractivity contribution in [2.75, 3.05) is 0 Å². The summed E-state index contributed by atoms with van der Waals surface area (Å²) in [5.41, 5.74) is 0.437. The van der Waals surface area contributed by atoms with Crippen LogP contribution in [0.25, 0.3) is 10.9 Å². The van der Waals surface area contributed by atoms with Crippen LogP contribution in [0.5, 0.6) is 0 Å². The van der Waals surface area contributed by atoms with Gasteiger partial charge in [-0.2, -0.15) is 13.2 Å². The summed E-state index contributed by atoms with van der Waals surface area (Å²) in [6, 6.07) is 5.46. The van der Waals surface area contributed by atoms with Crippen LogP contribution in [0.1, 0.15) is 11.3 Å². The number of carboxylic acid groups (broad SMARTS) is 1. The molecule has 0 bridgehead atoms. The molecule has 0 saturated heterocycles. The van der Waals surface area contributed by atoms with Crippen LogP contribution in [0, 0.1) is 5.92 Å². The first kappa shape index (κ1) is 12.1. The largest absolute Gasteiger partial charge is 0.481 e. The van der Waals surface area contributed by atoms with Crippen molar-refractivity contribution in [1.82, 2.24) is 4.57 Å². The van der Waals surface area contributed by atoms with Crippen LogP contribution in [0.15, 0.2) is 24.3 Å². The number of fused-ring (bicyclic) bond motifs is 3. The maximum absolute atomic E-state index is 12.9. The molecule has 100 valence electrons. The summed E-state index contributed by atoms with van der Waals surface area (Å²) in [5.74, 6) is -1.46. The predicted octanol–water partition coefficient (Wildman–Crippen LogP) is 2.92. The second-order valence-electron chi connectivity index (χ2n) is 4.72. The molecule has 19 heavy (non-hydrogen) atoms. The third kappa shape index (κ3) is 1.78. The molecule has 0 amide bonds. The van der Waals surface area contributed by atoms with Crippen LogP contribution in [0.3, 0.4) is 0 Å². The lowest BCUT2D eigenvalue weighted by Crippen LogP contribution is -2.14. The molecule has 2 aromatic rings. The van der Waals surface area contributed by atoms with Crippen LogP contribution >= 0.6 is 0 Å². The molecule has 2 heterocycles. The third-order valence-electron chi connectivity index (χ3n) is 3.54. The number of halogens is 3. The zero-order valence-corrected chi connectivity index (χ0v) is 9.74. The van der Waals surface area contributed by atoms with E-state index in [1.165, 1.54) is 12.1 Å². The Hall–Kier alpha value is -1.98. The molecule has 0 spiro atoms. The first-order valence-corrected chi connectivity index (χ1v) is 5.79. The number of alkyl halides is 3. The Labute approximate surface area is 106 Å². The Morgan fingerprint density at radius 1 is 1.37 bits per heavy atom. The Morgan fingerprint density at radius 2 is 2.11 bits per heavy atom. The molecule has 1 atom stereocenters. The summed E-state index contributed by atoms with van der Waals surface area (Å²) in [5, 5.41) is 9.11. The van der Waals surface area contributed by atoms with Gasteiger partial charge in [-0.05, 0) is 18.2 Å². The molecule has 1 aliphatic rings. The van der Waals surface area contributed by atoms with Gasteiger partial charge in [0.2, 0.25) is 0 Å². The summed E-state index contributed by atoms with van der Waals surface area (Å²) in [4.78, 5) is 10.9. The van der Waals surface area contributed by atoms with Gasteiger partial charge in [-0.1, -0.05) is 6.07 Å². The van der Waals surface area contributed by atoms with E-state index in [4.69, 9.17) is 5.11 Å². The summed E-state index contributed by atoms with van der Waals surface area (Å²) < 4.78 is 40.3. The number of hydrogen-bond donors (Lipinski definition) is 1. The highest BCUT2D eigenvalue weighted by Crippen LogP contribution is 2.38. The highest BCUT2D eigenvalue weighted by Gasteiger charge is 2.35. The summed E-state index contributed by atoms with van der Waals surface area (Å²) in [7, 11) is 0. The minimum atomic E-state index is -4.39. The summed E-state index contributed by atoms with van der Waals surface area (Å²) in [6.45, 7) is 0.232. The first-order chi connectivity index (χ1) is 8.88. The van der Waals surface area contributed by atoms with Gasteiger partial charge in [0.05, 0.1) is 11.5 Å². The van der Waals surface area contributed by atoms with Gasteiger partial charge in [0, 0.05) is 29.6 Å². The summed E-state index contributed by atoms with van der Waals surface area (Å²) >= 11 is 0. The molecular formula is C13H10F3NO2. The Morgan fingerprint density at radius 3 is 2.74 bits per heavy atom. The minimum Gasteiger partial charge on any atom is -0.481 e. The standard InChI is InChI=1S/C13H10F3NO2/c14-13(15,16)10-2-1-3-11-9(10)5-8-4-7(12(18)19)6-17(8)11/h1-3,5,7H,4,6H2,(H,18,19). The van der Waals surface area contributed by atoms with Crippen LogP contribution in [0.4, 0.5) is 13.2 Å². The lowest BCUT2D eigenvalue weighted by atomic mass is 10.0. The molecule has 0 saturated carbocycles. The van der Waals surface area contributed by atoms with Crippen LogP contribution in [-0.2, 0) is 23.9 Å². The summed E-state index contributed by atoms with van der Waals surface area (Å²) in [6.07, 6.45) is -4.12. The van der Waals surface area contributed by atoms with Crippen molar-refractivity contribution in [3.63, 3.8) is 0 Å². The molecule has 0 fully saturated rings. The van der Waals surface area contributed by atoms with E-state index in [0.717, 1.165) is 6.07 Å². The van der Waals surface area contributed by atoms with Gasteiger partial charge < -0.3 is 9.67 Å². The fourth-order valence-electron chi connectivity index (χ4n) is 2.67. The Bertz CT molecular complexity index is 672. The Balaban J connectivity index is 2.15. The van der Waals surface area contributed by atoms with Crippen LogP contribution < -0.4 is 0 Å². The van der Waals surface area contributed by atoms with Gasteiger partial charge >= 0.3 is 12.1 Å². The minimum absolute atomic E-state index is 0.147. The van der Waals surface area contributed by atoms with Crippen molar-refractivity contribution in [1.29, 1.82) is 0 Å². The zero-order chi connectivity index (χ0) is 13.8. The van der Waals surface area contributed by atoms with Crippen molar-refractivity contribution in [3.8, 4) is 0 Å². The number of aromatic nitrogens is 1. The molecule has 1 aromatic carbocycles. The fourth-order valence-corrected chi connectivity index (χ4v) is 2.67. The van der Waals surface area contributed by atoms with E-state index in [2.05, 4.69) is 0 Å². The molecule has 1 N–H and O–H groups in total. The number of carbonyl (C=O) groups is 1. The topological polar surface area (TPSA) is 42.2 Å². The van der Waals surface area contributed by atoms with Crippen molar-refractivity contribution in [2.45, 2.75) is 19.1 Å². The quantitative estimate of drug-likeness (QED) is 0.864.